The molecule has 0 radical (unpaired) electrons. The standard InChI is InChI=1S/2C4H9.CH2O2.H2N.HO3S.Pb/c2*1-3-4-2;2-1-3;;1-4(2)3;/h2*1,3-4H2,2H3;1H,(H,2,3);1H2;(H,1,2,3);/q;;;-1;;+1. The van der Waals surface area contributed by atoms with Crippen LogP contribution in [0.3, 0.4) is 0 Å². The zero-order chi connectivity index (χ0) is 13.9. The topological polar surface area (TPSA) is 118 Å². The Balaban J connectivity index is 0. The molecule has 0 unspecified atom stereocenters. The van der Waals surface area contributed by atoms with Crippen LogP contribution in [0.15, 0.2) is 0 Å². The van der Waals surface area contributed by atoms with E-state index in [9.17, 15) is 8.42 Å². The average Bonchev–Trinajstić information content (AvgIpc) is 2.23. The van der Waals surface area contributed by atoms with Crippen molar-refractivity contribution in [3.8, 4) is 0 Å². The molecule has 0 spiro atoms. The summed E-state index contributed by atoms with van der Waals surface area (Å²) < 4.78 is 38.6. The van der Waals surface area contributed by atoms with Gasteiger partial charge in [-0.1, -0.05) is 0 Å². The monoisotopic (exact) mass is 465 g/mol. The van der Waals surface area contributed by atoms with Crippen molar-refractivity contribution < 1.29 is 22.9 Å². The molecule has 8 heteroatoms. The Morgan fingerprint density at radius 1 is 1.18 bits per heavy atom. The quantitative estimate of drug-likeness (QED) is 0.299. The van der Waals surface area contributed by atoms with Gasteiger partial charge in [0.1, 0.15) is 0 Å². The smallest absolute Gasteiger partial charge is 0.290 e. The first kappa shape index (κ1) is 19.6. The number of nitrogens with two attached hydrogens (primary N) is 1. The molecule has 0 aromatic carbocycles. The maximum atomic E-state index is 11.2. The van der Waals surface area contributed by atoms with Gasteiger partial charge in [-0.3, -0.25) is 4.79 Å². The first-order chi connectivity index (χ1) is 7.79. The third kappa shape index (κ3) is 8.92. The number of hydrogen-bond donors (Lipinski definition) is 3. The van der Waals surface area contributed by atoms with Crippen molar-refractivity contribution in [2.24, 2.45) is 3.54 Å². The van der Waals surface area contributed by atoms with Crippen LogP contribution in [-0.2, 0) is 11.5 Å². The van der Waals surface area contributed by atoms with Crippen LogP contribution in [0.1, 0.15) is 39.5 Å². The molecule has 0 aliphatic carbocycles. The van der Waals surface area contributed by atoms with E-state index in [0.29, 0.717) is 7.96 Å². The molecule has 0 saturated carbocycles. The first-order valence-corrected chi connectivity index (χ1v) is 19.6. The van der Waals surface area contributed by atoms with E-state index in [4.69, 9.17) is 18.0 Å². The molecular formula is C9H23NO5PbS. The van der Waals surface area contributed by atoms with Gasteiger partial charge in [-0.15, -0.1) is 0 Å². The Morgan fingerprint density at radius 2 is 1.47 bits per heavy atom. The van der Waals surface area contributed by atoms with Gasteiger partial charge in [-0.05, 0) is 0 Å². The normalized spacial score (nSPS) is 11.5. The van der Waals surface area contributed by atoms with E-state index in [2.05, 4.69) is 0 Å². The fraction of sp³-hybridized carbons (Fsp3) is 0.889. The fourth-order valence-electron chi connectivity index (χ4n) is 1.33. The van der Waals surface area contributed by atoms with Gasteiger partial charge in [0.2, 0.25) is 0 Å². The Kier molecular flexibility index (Phi) is 11.8. The molecule has 0 aromatic rings. The van der Waals surface area contributed by atoms with E-state index in [1.54, 1.807) is 0 Å². The van der Waals surface area contributed by atoms with E-state index in [-0.39, 0.29) is 6.47 Å². The number of carboxylic acid groups (broad SMARTS) is 1. The molecule has 104 valence electrons. The summed E-state index contributed by atoms with van der Waals surface area (Å²) in [5, 5.41) is 6.89. The molecule has 0 aromatic heterocycles. The molecule has 0 aliphatic rings. The molecule has 0 aliphatic heterocycles. The summed E-state index contributed by atoms with van der Waals surface area (Å²) in [5.41, 5.74) is 0. The second-order valence-electron chi connectivity index (χ2n) is 3.85. The predicted molar refractivity (Wildman–Crippen MR) is 69.6 cm³/mol. The predicted octanol–water partition coefficient (Wildman–Crippen LogP) is 1.58. The van der Waals surface area contributed by atoms with Crippen molar-refractivity contribution in [3.05, 3.63) is 0 Å². The summed E-state index contributed by atoms with van der Waals surface area (Å²) in [6.45, 7) is -0.163. The fourth-order valence-corrected chi connectivity index (χ4v) is 18.8. The van der Waals surface area contributed by atoms with Gasteiger partial charge in [-0.2, -0.15) is 0 Å². The minimum Gasteiger partial charge on any atom is -0.483 e. The van der Waals surface area contributed by atoms with Gasteiger partial charge < -0.3 is 5.11 Å². The van der Waals surface area contributed by atoms with Crippen LogP contribution in [0.25, 0.3) is 0 Å². The minimum absolute atomic E-state index is 0.250. The van der Waals surface area contributed by atoms with Gasteiger partial charge in [0, 0.05) is 0 Å². The summed E-state index contributed by atoms with van der Waals surface area (Å²) in [7, 11) is 0. The van der Waals surface area contributed by atoms with E-state index in [1.165, 1.54) is 0 Å². The maximum absolute atomic E-state index is 11.2. The van der Waals surface area contributed by atoms with Crippen molar-refractivity contribution in [2.75, 3.05) is 0 Å². The van der Waals surface area contributed by atoms with Crippen molar-refractivity contribution in [2.45, 2.75) is 47.5 Å². The first-order valence-electron chi connectivity index (χ1n) is 5.62. The van der Waals surface area contributed by atoms with Gasteiger partial charge >= 0.3 is 90.6 Å². The van der Waals surface area contributed by atoms with Gasteiger partial charge in [0.25, 0.3) is 6.47 Å². The van der Waals surface area contributed by atoms with Gasteiger partial charge in [0.05, 0.1) is 0 Å². The molecular weight excluding hydrogens is 441 g/mol. The van der Waals surface area contributed by atoms with E-state index >= 15 is 0 Å². The summed E-state index contributed by atoms with van der Waals surface area (Å²) in [5.74, 6) is 0. The zero-order valence-electron chi connectivity index (χ0n) is 10.4. The average molecular weight is 465 g/mol. The van der Waals surface area contributed by atoms with Crippen LogP contribution < -0.4 is 3.54 Å². The van der Waals surface area contributed by atoms with Crippen LogP contribution >= 0.6 is 0 Å². The largest absolute Gasteiger partial charge is 0.483 e. The molecule has 0 atom stereocenters. The van der Waals surface area contributed by atoms with Crippen LogP contribution in [-0.4, -0.2) is 44.5 Å². The minimum atomic E-state index is -3.91. The Labute approximate surface area is 107 Å². The molecule has 6 nitrogen and oxygen atoms in total. The van der Waals surface area contributed by atoms with E-state index in [0.717, 1.165) is 25.7 Å². The molecule has 0 amide bonds. The SMILES string of the molecule is CCC[CH2][Pb]([NH2])([CH2]CCC)[S](=O)(=O)O.O=CO. The van der Waals surface area contributed by atoms with Gasteiger partial charge in [-0.25, -0.2) is 0 Å². The van der Waals surface area contributed by atoms with E-state index < -0.39 is 26.6 Å². The molecule has 4 N–H and O–H groups in total. The molecule has 0 heterocycles. The van der Waals surface area contributed by atoms with Crippen molar-refractivity contribution in [1.82, 2.24) is 0 Å². The molecule has 0 rings (SSSR count). The van der Waals surface area contributed by atoms with Crippen molar-refractivity contribution >= 4 is 33.1 Å². The summed E-state index contributed by atoms with van der Waals surface area (Å²) in [6, 6.07) is 0. The molecule has 0 bridgehead atoms. The van der Waals surface area contributed by atoms with Gasteiger partial charge in [0.15, 0.2) is 0 Å². The third-order valence-corrected chi connectivity index (χ3v) is 28.3. The third-order valence-electron chi connectivity index (χ3n) is 2.42. The molecule has 0 fully saturated rings. The Morgan fingerprint density at radius 3 is 1.65 bits per heavy atom. The summed E-state index contributed by atoms with van der Waals surface area (Å²) in [6.07, 6.45) is 3.50. The van der Waals surface area contributed by atoms with Crippen LogP contribution in [0.2, 0.25) is 7.96 Å². The van der Waals surface area contributed by atoms with Crippen molar-refractivity contribution in [3.63, 3.8) is 0 Å². The maximum Gasteiger partial charge on any atom is 0.290 e. The summed E-state index contributed by atoms with van der Waals surface area (Å²) in [4.78, 5) is 8.36. The summed E-state index contributed by atoms with van der Waals surface area (Å²) >= 11 is -3.89. The Hall–Kier alpha value is 0.262. The molecule has 17 heavy (non-hydrogen) atoms. The number of hydrogen-bond acceptors (Lipinski definition) is 4. The van der Waals surface area contributed by atoms with Crippen LogP contribution in [0, 0.1) is 0 Å². The van der Waals surface area contributed by atoms with Crippen molar-refractivity contribution in [1.29, 1.82) is 0 Å². The number of rotatable bonds is 7. The van der Waals surface area contributed by atoms with E-state index in [1.807, 2.05) is 13.8 Å². The second-order valence-corrected chi connectivity index (χ2v) is 30.1. The van der Waals surface area contributed by atoms with Crippen LogP contribution in [0.5, 0.6) is 0 Å². The second kappa shape index (κ2) is 10.2. The Bertz CT molecular complexity index is 286. The molecule has 0 saturated heterocycles. The van der Waals surface area contributed by atoms with Crippen LogP contribution in [0.4, 0.5) is 0 Å². The number of unbranched alkanes of at least 4 members (excludes halogenated alkanes) is 2. The number of carbonyl (C=O) groups is 1. The zero-order valence-corrected chi connectivity index (χ0v) is 15.1.